The number of hydrogen-bond donors (Lipinski definition) is 2. The molecule has 0 spiro atoms. The van der Waals surface area contributed by atoms with E-state index in [2.05, 4.69) is 5.32 Å². The Labute approximate surface area is 115 Å². The fourth-order valence-corrected chi connectivity index (χ4v) is 3.57. The van der Waals surface area contributed by atoms with E-state index >= 15 is 0 Å². The number of sulfone groups is 1. The largest absolute Gasteiger partial charge is 0.384 e. The molecule has 1 aliphatic carbocycles. The van der Waals surface area contributed by atoms with Crippen molar-refractivity contribution in [2.45, 2.75) is 36.6 Å². The van der Waals surface area contributed by atoms with Gasteiger partial charge in [0.05, 0.1) is 10.6 Å². The van der Waals surface area contributed by atoms with Gasteiger partial charge in [-0.1, -0.05) is 18.6 Å². The molecule has 1 saturated carbocycles. The van der Waals surface area contributed by atoms with Crippen molar-refractivity contribution in [3.05, 3.63) is 24.3 Å². The Kier molecular flexibility index (Phi) is 4.47. The zero-order valence-electron chi connectivity index (χ0n) is 11.3. The number of rotatable bonds is 4. The molecular formula is C14H22N2O2S. The van der Waals surface area contributed by atoms with Crippen LogP contribution in [-0.4, -0.2) is 27.3 Å². The highest BCUT2D eigenvalue weighted by atomic mass is 32.2. The van der Waals surface area contributed by atoms with Crippen LogP contribution in [-0.2, 0) is 9.84 Å². The smallest absolute Gasteiger partial charge is 0.177 e. The standard InChI is InChI=1S/C14H22N2O2S/c1-19(17,18)14-8-3-2-7-13(14)16-10-11-5-4-6-12(15)9-11/h2-3,7-8,11-12,16H,4-6,9-10,15H2,1H3. The van der Waals surface area contributed by atoms with Crippen LogP contribution in [0.15, 0.2) is 29.2 Å². The predicted octanol–water partition coefficient (Wildman–Crippen LogP) is 2.02. The zero-order chi connectivity index (χ0) is 13.9. The second kappa shape index (κ2) is 5.92. The van der Waals surface area contributed by atoms with E-state index in [4.69, 9.17) is 5.73 Å². The van der Waals surface area contributed by atoms with Crippen molar-refractivity contribution in [2.75, 3.05) is 18.1 Å². The van der Waals surface area contributed by atoms with Gasteiger partial charge in [0.25, 0.3) is 0 Å². The maximum Gasteiger partial charge on any atom is 0.177 e. The molecule has 1 fully saturated rings. The SMILES string of the molecule is CS(=O)(=O)c1ccccc1NCC1CCCC(N)C1. The summed E-state index contributed by atoms with van der Waals surface area (Å²) >= 11 is 0. The molecule has 0 heterocycles. The van der Waals surface area contributed by atoms with Gasteiger partial charge in [0.2, 0.25) is 0 Å². The molecule has 106 valence electrons. The molecule has 0 bridgehead atoms. The Morgan fingerprint density at radius 1 is 1.32 bits per heavy atom. The first-order valence-corrected chi connectivity index (χ1v) is 8.64. The lowest BCUT2D eigenvalue weighted by atomic mass is 9.86. The average molecular weight is 282 g/mol. The minimum Gasteiger partial charge on any atom is -0.384 e. The fourth-order valence-electron chi connectivity index (χ4n) is 2.71. The molecule has 1 aromatic carbocycles. The molecule has 0 aliphatic heterocycles. The minimum absolute atomic E-state index is 0.297. The number of nitrogens with two attached hydrogens (primary N) is 1. The van der Waals surface area contributed by atoms with Gasteiger partial charge in [-0.25, -0.2) is 8.42 Å². The van der Waals surface area contributed by atoms with Gasteiger partial charge < -0.3 is 11.1 Å². The molecule has 2 rings (SSSR count). The van der Waals surface area contributed by atoms with Crippen LogP contribution in [0.25, 0.3) is 0 Å². The van der Waals surface area contributed by atoms with Crippen LogP contribution in [0.4, 0.5) is 5.69 Å². The van der Waals surface area contributed by atoms with Crippen molar-refractivity contribution in [2.24, 2.45) is 11.7 Å². The van der Waals surface area contributed by atoms with Crippen LogP contribution < -0.4 is 11.1 Å². The first kappa shape index (κ1) is 14.3. The number of para-hydroxylation sites is 1. The summed E-state index contributed by atoms with van der Waals surface area (Å²) in [6, 6.07) is 7.36. The molecule has 0 amide bonds. The Balaban J connectivity index is 2.04. The summed E-state index contributed by atoms with van der Waals surface area (Å²) in [5, 5.41) is 3.28. The Morgan fingerprint density at radius 2 is 2.05 bits per heavy atom. The predicted molar refractivity (Wildman–Crippen MR) is 78.0 cm³/mol. The highest BCUT2D eigenvalue weighted by Gasteiger charge is 2.20. The lowest BCUT2D eigenvalue weighted by molar-refractivity contribution is 0.335. The van der Waals surface area contributed by atoms with Crippen LogP contribution in [0.1, 0.15) is 25.7 Å². The molecule has 1 aliphatic rings. The molecule has 1 aromatic rings. The Bertz CT molecular complexity index is 528. The first-order chi connectivity index (χ1) is 8.97. The van der Waals surface area contributed by atoms with Crippen LogP contribution >= 0.6 is 0 Å². The van der Waals surface area contributed by atoms with Gasteiger partial charge in [0.15, 0.2) is 9.84 Å². The number of anilines is 1. The second-order valence-electron chi connectivity index (χ2n) is 5.44. The average Bonchev–Trinajstić information content (AvgIpc) is 2.36. The Morgan fingerprint density at radius 3 is 2.74 bits per heavy atom. The third kappa shape index (κ3) is 3.94. The molecule has 4 nitrogen and oxygen atoms in total. The van der Waals surface area contributed by atoms with Crippen LogP contribution in [0.2, 0.25) is 0 Å². The zero-order valence-corrected chi connectivity index (χ0v) is 12.1. The van der Waals surface area contributed by atoms with Gasteiger partial charge in [0.1, 0.15) is 0 Å². The van der Waals surface area contributed by atoms with Gasteiger partial charge in [-0.05, 0) is 37.3 Å². The van der Waals surface area contributed by atoms with Crippen molar-refractivity contribution >= 4 is 15.5 Å². The van der Waals surface area contributed by atoms with Crippen molar-refractivity contribution in [1.82, 2.24) is 0 Å². The molecule has 0 aromatic heterocycles. The molecule has 2 unspecified atom stereocenters. The topological polar surface area (TPSA) is 72.2 Å². The third-order valence-electron chi connectivity index (χ3n) is 3.69. The van der Waals surface area contributed by atoms with E-state index in [1.807, 2.05) is 12.1 Å². The minimum atomic E-state index is -3.18. The lowest BCUT2D eigenvalue weighted by Crippen LogP contribution is -2.31. The van der Waals surface area contributed by atoms with Crippen molar-refractivity contribution < 1.29 is 8.42 Å². The summed E-state index contributed by atoms with van der Waals surface area (Å²) in [6.45, 7) is 0.792. The molecular weight excluding hydrogens is 260 g/mol. The van der Waals surface area contributed by atoms with Crippen molar-refractivity contribution in [1.29, 1.82) is 0 Å². The molecule has 0 saturated heterocycles. The van der Waals surface area contributed by atoms with Gasteiger partial charge in [-0.3, -0.25) is 0 Å². The van der Waals surface area contributed by atoms with E-state index in [9.17, 15) is 8.42 Å². The number of benzene rings is 1. The molecule has 3 N–H and O–H groups in total. The summed E-state index contributed by atoms with van der Waals surface area (Å²) < 4.78 is 23.4. The summed E-state index contributed by atoms with van der Waals surface area (Å²) in [5.41, 5.74) is 6.67. The van der Waals surface area contributed by atoms with E-state index in [-0.39, 0.29) is 0 Å². The Hall–Kier alpha value is -1.07. The monoisotopic (exact) mass is 282 g/mol. The van der Waals surface area contributed by atoms with E-state index in [0.29, 0.717) is 22.5 Å². The van der Waals surface area contributed by atoms with E-state index < -0.39 is 9.84 Å². The number of hydrogen-bond acceptors (Lipinski definition) is 4. The van der Waals surface area contributed by atoms with Gasteiger partial charge in [-0.15, -0.1) is 0 Å². The van der Waals surface area contributed by atoms with E-state index in [1.165, 1.54) is 19.1 Å². The summed E-state index contributed by atoms with van der Waals surface area (Å²) in [5.74, 6) is 0.538. The maximum atomic E-state index is 11.7. The van der Waals surface area contributed by atoms with E-state index in [0.717, 1.165) is 19.4 Å². The summed E-state index contributed by atoms with van der Waals surface area (Å²) in [7, 11) is -3.18. The molecule has 0 radical (unpaired) electrons. The maximum absolute atomic E-state index is 11.7. The quantitative estimate of drug-likeness (QED) is 0.886. The first-order valence-electron chi connectivity index (χ1n) is 6.75. The summed E-state index contributed by atoms with van der Waals surface area (Å²) in [4.78, 5) is 0.370. The fraction of sp³-hybridized carbons (Fsp3) is 0.571. The lowest BCUT2D eigenvalue weighted by Gasteiger charge is -2.27. The molecule has 2 atom stereocenters. The van der Waals surface area contributed by atoms with Gasteiger partial charge in [-0.2, -0.15) is 0 Å². The van der Waals surface area contributed by atoms with Gasteiger partial charge in [0, 0.05) is 18.8 Å². The van der Waals surface area contributed by atoms with Crippen LogP contribution in [0.3, 0.4) is 0 Å². The number of nitrogens with one attached hydrogen (secondary N) is 1. The third-order valence-corrected chi connectivity index (χ3v) is 4.85. The molecule has 5 heteroatoms. The van der Waals surface area contributed by atoms with Crippen molar-refractivity contribution in [3.63, 3.8) is 0 Å². The highest BCUT2D eigenvalue weighted by Crippen LogP contribution is 2.25. The second-order valence-corrected chi connectivity index (χ2v) is 7.43. The van der Waals surface area contributed by atoms with Crippen molar-refractivity contribution in [3.8, 4) is 0 Å². The normalized spacial score (nSPS) is 24.1. The summed E-state index contributed by atoms with van der Waals surface area (Å²) in [6.07, 6.45) is 5.71. The van der Waals surface area contributed by atoms with Gasteiger partial charge >= 0.3 is 0 Å². The van der Waals surface area contributed by atoms with Crippen LogP contribution in [0.5, 0.6) is 0 Å². The van der Waals surface area contributed by atoms with Crippen LogP contribution in [0, 0.1) is 5.92 Å². The van der Waals surface area contributed by atoms with E-state index in [1.54, 1.807) is 12.1 Å². The highest BCUT2D eigenvalue weighted by molar-refractivity contribution is 7.90. The molecule has 19 heavy (non-hydrogen) atoms.